The van der Waals surface area contributed by atoms with Crippen molar-refractivity contribution in [2.24, 2.45) is 23.5 Å². The molecule has 2 aliphatic rings. The van der Waals surface area contributed by atoms with E-state index in [4.69, 9.17) is 5.73 Å². The lowest BCUT2D eigenvalue weighted by Gasteiger charge is -1.97. The van der Waals surface area contributed by atoms with Crippen molar-refractivity contribution in [1.29, 1.82) is 0 Å². The molecule has 0 aromatic heterocycles. The first kappa shape index (κ1) is 5.72. The fourth-order valence-corrected chi connectivity index (χ4v) is 2.59. The zero-order valence-electron chi connectivity index (χ0n) is 5.84. The molecule has 1 nitrogen and oxygen atoms in total. The number of hydrogen-bond donors (Lipinski definition) is 1. The van der Waals surface area contributed by atoms with E-state index in [1.165, 1.54) is 25.7 Å². The molecule has 2 saturated carbocycles. The van der Waals surface area contributed by atoms with Gasteiger partial charge >= 0.3 is 0 Å². The Balaban J connectivity index is 1.81. The van der Waals surface area contributed by atoms with Gasteiger partial charge in [0.25, 0.3) is 0 Å². The van der Waals surface area contributed by atoms with Crippen molar-refractivity contribution in [1.82, 2.24) is 0 Å². The highest BCUT2D eigenvalue weighted by Gasteiger charge is 2.51. The third kappa shape index (κ3) is 0.787. The van der Waals surface area contributed by atoms with Crippen LogP contribution in [0.15, 0.2) is 0 Å². The summed E-state index contributed by atoms with van der Waals surface area (Å²) in [6.07, 6.45) is 5.82. The number of fused-ring (bicyclic) bond motifs is 1. The van der Waals surface area contributed by atoms with Crippen molar-refractivity contribution >= 4 is 0 Å². The molecule has 0 heterocycles. The molecule has 0 radical (unpaired) electrons. The van der Waals surface area contributed by atoms with Crippen LogP contribution in [0.25, 0.3) is 0 Å². The zero-order valence-corrected chi connectivity index (χ0v) is 5.84. The molecule has 0 aliphatic heterocycles. The molecule has 52 valence electrons. The summed E-state index contributed by atoms with van der Waals surface area (Å²) < 4.78 is 0. The van der Waals surface area contributed by atoms with E-state index in [9.17, 15) is 0 Å². The third-order valence-corrected chi connectivity index (χ3v) is 3.08. The monoisotopic (exact) mass is 125 g/mol. The Kier molecular flexibility index (Phi) is 1.26. The summed E-state index contributed by atoms with van der Waals surface area (Å²) in [5, 5.41) is 0. The molecule has 0 saturated heterocycles. The lowest BCUT2D eigenvalue weighted by molar-refractivity contribution is 0.558. The summed E-state index contributed by atoms with van der Waals surface area (Å²) in [7, 11) is 0. The van der Waals surface area contributed by atoms with Crippen LogP contribution in [0.1, 0.15) is 25.7 Å². The number of nitrogens with two attached hydrogens (primary N) is 1. The number of hydrogen-bond acceptors (Lipinski definition) is 1. The van der Waals surface area contributed by atoms with Gasteiger partial charge in [0.15, 0.2) is 0 Å². The molecule has 0 spiro atoms. The van der Waals surface area contributed by atoms with E-state index in [1.807, 2.05) is 0 Å². The lowest BCUT2D eigenvalue weighted by atomic mass is 10.1. The molecule has 0 amide bonds. The van der Waals surface area contributed by atoms with Crippen LogP contribution in [-0.4, -0.2) is 6.54 Å². The maximum Gasteiger partial charge on any atom is -0.00744 e. The average molecular weight is 125 g/mol. The van der Waals surface area contributed by atoms with Gasteiger partial charge in [0.05, 0.1) is 0 Å². The van der Waals surface area contributed by atoms with E-state index in [2.05, 4.69) is 0 Å². The third-order valence-electron chi connectivity index (χ3n) is 3.08. The molecule has 2 aliphatic carbocycles. The molecule has 2 rings (SSSR count). The standard InChI is InChI=1S/C8H15N/c9-5-4-8-6-2-1-3-7(6)8/h6-8H,1-5,9H2. The van der Waals surface area contributed by atoms with Gasteiger partial charge in [0.2, 0.25) is 0 Å². The van der Waals surface area contributed by atoms with Gasteiger partial charge < -0.3 is 5.73 Å². The first-order valence-electron chi connectivity index (χ1n) is 4.13. The van der Waals surface area contributed by atoms with E-state index in [0.717, 1.165) is 24.3 Å². The highest BCUT2D eigenvalue weighted by Crippen LogP contribution is 2.58. The normalized spacial score (nSPS) is 47.0. The predicted octanol–water partition coefficient (Wildman–Crippen LogP) is 1.38. The van der Waals surface area contributed by atoms with Gasteiger partial charge in [0, 0.05) is 0 Å². The predicted molar refractivity (Wildman–Crippen MR) is 38.0 cm³/mol. The van der Waals surface area contributed by atoms with Crippen LogP contribution in [-0.2, 0) is 0 Å². The Hall–Kier alpha value is -0.0400. The Labute approximate surface area is 56.6 Å². The first-order chi connectivity index (χ1) is 4.43. The van der Waals surface area contributed by atoms with Gasteiger partial charge in [-0.3, -0.25) is 0 Å². The largest absolute Gasteiger partial charge is 0.330 e. The Bertz CT molecular complexity index is 101. The van der Waals surface area contributed by atoms with E-state index in [0.29, 0.717) is 0 Å². The molecule has 2 fully saturated rings. The van der Waals surface area contributed by atoms with Crippen molar-refractivity contribution in [3.63, 3.8) is 0 Å². The van der Waals surface area contributed by atoms with Gasteiger partial charge in [-0.25, -0.2) is 0 Å². The second kappa shape index (κ2) is 1.98. The van der Waals surface area contributed by atoms with E-state index in [-0.39, 0.29) is 0 Å². The van der Waals surface area contributed by atoms with E-state index < -0.39 is 0 Å². The molecule has 2 atom stereocenters. The first-order valence-corrected chi connectivity index (χ1v) is 4.13. The summed E-state index contributed by atoms with van der Waals surface area (Å²) in [4.78, 5) is 0. The Morgan fingerprint density at radius 2 is 1.89 bits per heavy atom. The molecule has 0 bridgehead atoms. The topological polar surface area (TPSA) is 26.0 Å². The lowest BCUT2D eigenvalue weighted by Crippen LogP contribution is -2.01. The minimum atomic E-state index is 0.914. The highest BCUT2D eigenvalue weighted by molar-refractivity contribution is 5.00. The molecule has 0 aromatic rings. The Morgan fingerprint density at radius 1 is 1.22 bits per heavy atom. The molecule has 9 heavy (non-hydrogen) atoms. The van der Waals surface area contributed by atoms with Crippen molar-refractivity contribution in [2.45, 2.75) is 25.7 Å². The Morgan fingerprint density at radius 3 is 2.44 bits per heavy atom. The molecule has 2 unspecified atom stereocenters. The summed E-state index contributed by atoms with van der Waals surface area (Å²) in [5.41, 5.74) is 5.47. The summed E-state index contributed by atoms with van der Waals surface area (Å²) in [6, 6.07) is 0. The second-order valence-electron chi connectivity index (χ2n) is 3.50. The number of rotatable bonds is 2. The van der Waals surface area contributed by atoms with Crippen LogP contribution >= 0.6 is 0 Å². The molecular weight excluding hydrogens is 110 g/mol. The van der Waals surface area contributed by atoms with Gasteiger partial charge in [-0.05, 0) is 43.6 Å². The van der Waals surface area contributed by atoms with Gasteiger partial charge in [-0.15, -0.1) is 0 Å². The van der Waals surface area contributed by atoms with Crippen LogP contribution in [0, 0.1) is 17.8 Å². The van der Waals surface area contributed by atoms with Crippen molar-refractivity contribution in [2.75, 3.05) is 6.54 Å². The van der Waals surface area contributed by atoms with Gasteiger partial charge in [-0.1, -0.05) is 6.42 Å². The second-order valence-corrected chi connectivity index (χ2v) is 3.50. The SMILES string of the molecule is NCCC1C2CCCC12. The van der Waals surface area contributed by atoms with Crippen LogP contribution in [0.5, 0.6) is 0 Å². The molecule has 2 N–H and O–H groups in total. The zero-order chi connectivity index (χ0) is 6.27. The van der Waals surface area contributed by atoms with Crippen LogP contribution in [0.3, 0.4) is 0 Å². The quantitative estimate of drug-likeness (QED) is 0.593. The molecular formula is C8H15N. The summed E-state index contributed by atoms with van der Waals surface area (Å²) in [6.45, 7) is 0.914. The highest BCUT2D eigenvalue weighted by atomic mass is 14.6. The van der Waals surface area contributed by atoms with E-state index in [1.54, 1.807) is 0 Å². The molecule has 1 heteroatoms. The fraction of sp³-hybridized carbons (Fsp3) is 1.00. The smallest absolute Gasteiger partial charge is 0.00744 e. The van der Waals surface area contributed by atoms with Gasteiger partial charge in [0.1, 0.15) is 0 Å². The molecule has 0 aromatic carbocycles. The minimum absolute atomic E-state index is 0.914. The summed E-state index contributed by atoms with van der Waals surface area (Å²) >= 11 is 0. The minimum Gasteiger partial charge on any atom is -0.330 e. The van der Waals surface area contributed by atoms with Crippen LogP contribution < -0.4 is 5.73 Å². The van der Waals surface area contributed by atoms with Crippen molar-refractivity contribution < 1.29 is 0 Å². The van der Waals surface area contributed by atoms with Crippen LogP contribution in [0.2, 0.25) is 0 Å². The maximum atomic E-state index is 5.47. The van der Waals surface area contributed by atoms with Gasteiger partial charge in [-0.2, -0.15) is 0 Å². The van der Waals surface area contributed by atoms with Crippen molar-refractivity contribution in [3.05, 3.63) is 0 Å². The summed E-state index contributed by atoms with van der Waals surface area (Å²) in [5.74, 6) is 3.30. The van der Waals surface area contributed by atoms with E-state index >= 15 is 0 Å². The fourth-order valence-electron chi connectivity index (χ4n) is 2.59. The maximum absolute atomic E-state index is 5.47. The van der Waals surface area contributed by atoms with Crippen LogP contribution in [0.4, 0.5) is 0 Å². The average Bonchev–Trinajstić information content (AvgIpc) is 2.39. The van der Waals surface area contributed by atoms with Crippen molar-refractivity contribution in [3.8, 4) is 0 Å².